The summed E-state index contributed by atoms with van der Waals surface area (Å²) in [6.45, 7) is 7.39. The first kappa shape index (κ1) is 24.2. The number of likely N-dealkylation sites (tertiary alicyclic amines) is 1. The maximum Gasteiger partial charge on any atom is 0.132 e. The highest BCUT2D eigenvalue weighted by Crippen LogP contribution is 2.42. The fourth-order valence-corrected chi connectivity index (χ4v) is 5.61. The van der Waals surface area contributed by atoms with Crippen molar-refractivity contribution in [2.24, 2.45) is 11.8 Å². The lowest BCUT2D eigenvalue weighted by molar-refractivity contribution is 0.0667. The van der Waals surface area contributed by atoms with E-state index >= 15 is 4.39 Å². The van der Waals surface area contributed by atoms with Gasteiger partial charge in [-0.3, -0.25) is 14.2 Å². The number of aliphatic hydroxyl groups is 1. The fourth-order valence-electron chi connectivity index (χ4n) is 5.61. The number of fused-ring (bicyclic) bond motifs is 3. The molecule has 188 valence electrons. The van der Waals surface area contributed by atoms with Gasteiger partial charge in [0.15, 0.2) is 0 Å². The summed E-state index contributed by atoms with van der Waals surface area (Å²) in [7, 11) is 0. The molecule has 0 bridgehead atoms. The van der Waals surface area contributed by atoms with Crippen molar-refractivity contribution in [3.05, 3.63) is 65.1 Å². The van der Waals surface area contributed by atoms with Gasteiger partial charge in [0.1, 0.15) is 18.2 Å². The molecule has 0 spiro atoms. The number of benzene rings is 2. The normalized spacial score (nSPS) is 22.2. The molecule has 35 heavy (non-hydrogen) atoms. The predicted molar refractivity (Wildman–Crippen MR) is 134 cm³/mol. The van der Waals surface area contributed by atoms with Crippen LogP contribution in [-0.2, 0) is 6.42 Å². The van der Waals surface area contributed by atoms with Crippen LogP contribution in [0.3, 0.4) is 0 Å². The predicted octanol–water partition coefficient (Wildman–Crippen LogP) is 4.55. The summed E-state index contributed by atoms with van der Waals surface area (Å²) < 4.78 is 34.1. The molecule has 3 heterocycles. The summed E-state index contributed by atoms with van der Waals surface area (Å²) in [5.74, 6) is 0.435. The molecule has 2 aromatic carbocycles. The molecule has 2 N–H and O–H groups in total. The number of halogens is 2. The number of alkyl halides is 1. The first-order valence-electron chi connectivity index (χ1n) is 12.6. The van der Waals surface area contributed by atoms with Crippen LogP contribution in [-0.4, -0.2) is 72.0 Å². The van der Waals surface area contributed by atoms with E-state index in [1.807, 2.05) is 31.2 Å². The maximum absolute atomic E-state index is 15.6. The Bertz CT molecular complexity index is 1160. The molecule has 0 amide bonds. The monoisotopic (exact) mass is 483 g/mol. The SMILES string of the molecule is C[C@@H](CO)CN1[C@H](c2ccc(OCCN3CC(CF)C3)cc2F)c2[nH]c3ccccc3c2C[C@H]1C. The molecule has 1 aromatic heterocycles. The number of hydrogen-bond donors (Lipinski definition) is 2. The molecular weight excluding hydrogens is 448 g/mol. The summed E-state index contributed by atoms with van der Waals surface area (Å²) in [5, 5.41) is 10.9. The van der Waals surface area contributed by atoms with Crippen LogP contribution >= 0.6 is 0 Å². The van der Waals surface area contributed by atoms with E-state index in [4.69, 9.17) is 4.74 Å². The first-order chi connectivity index (χ1) is 17.0. The van der Waals surface area contributed by atoms with E-state index in [1.54, 1.807) is 0 Å². The average molecular weight is 484 g/mol. The van der Waals surface area contributed by atoms with Crippen LogP contribution in [0.4, 0.5) is 8.78 Å². The van der Waals surface area contributed by atoms with E-state index in [-0.39, 0.29) is 43.0 Å². The van der Waals surface area contributed by atoms with Crippen molar-refractivity contribution in [3.63, 3.8) is 0 Å². The van der Waals surface area contributed by atoms with Crippen LogP contribution in [0.5, 0.6) is 5.75 Å². The largest absolute Gasteiger partial charge is 0.492 e. The van der Waals surface area contributed by atoms with E-state index in [0.29, 0.717) is 31.0 Å². The van der Waals surface area contributed by atoms with Crippen LogP contribution in [0.1, 0.15) is 36.7 Å². The van der Waals surface area contributed by atoms with Crippen LogP contribution < -0.4 is 4.74 Å². The van der Waals surface area contributed by atoms with Crippen LogP contribution in [0.15, 0.2) is 42.5 Å². The minimum absolute atomic E-state index is 0.0787. The number of aromatic nitrogens is 1. The molecule has 7 heteroatoms. The van der Waals surface area contributed by atoms with Crippen molar-refractivity contribution >= 4 is 10.9 Å². The van der Waals surface area contributed by atoms with Crippen molar-refractivity contribution in [2.75, 3.05) is 46.1 Å². The molecule has 0 radical (unpaired) electrons. The number of aromatic amines is 1. The zero-order valence-electron chi connectivity index (χ0n) is 20.5. The van der Waals surface area contributed by atoms with Gasteiger partial charge < -0.3 is 14.8 Å². The number of hydrogen-bond acceptors (Lipinski definition) is 4. The molecule has 3 aromatic rings. The second-order valence-corrected chi connectivity index (χ2v) is 10.3. The summed E-state index contributed by atoms with van der Waals surface area (Å²) >= 11 is 0. The average Bonchev–Trinajstić information content (AvgIpc) is 3.19. The van der Waals surface area contributed by atoms with E-state index in [2.05, 4.69) is 33.8 Å². The number of nitrogens with zero attached hydrogens (tertiary/aromatic N) is 2. The lowest BCUT2D eigenvalue weighted by Crippen LogP contribution is -2.49. The number of para-hydroxylation sites is 1. The van der Waals surface area contributed by atoms with Crippen LogP contribution in [0.2, 0.25) is 0 Å². The quantitative estimate of drug-likeness (QED) is 0.469. The summed E-state index contributed by atoms with van der Waals surface area (Å²) in [6, 6.07) is 13.3. The molecule has 2 aliphatic heterocycles. The minimum atomic E-state index is -0.297. The highest BCUT2D eigenvalue weighted by Gasteiger charge is 2.37. The molecule has 0 saturated carbocycles. The Labute approximate surface area is 205 Å². The second-order valence-electron chi connectivity index (χ2n) is 10.3. The Morgan fingerprint density at radius 1 is 1.20 bits per heavy atom. The van der Waals surface area contributed by atoms with Crippen LogP contribution in [0.25, 0.3) is 10.9 Å². The van der Waals surface area contributed by atoms with Crippen molar-refractivity contribution in [3.8, 4) is 5.75 Å². The lowest BCUT2D eigenvalue weighted by Gasteiger charge is -2.42. The molecule has 0 unspecified atom stereocenters. The first-order valence-corrected chi connectivity index (χ1v) is 12.6. The van der Waals surface area contributed by atoms with Crippen molar-refractivity contribution in [2.45, 2.75) is 32.4 Å². The second kappa shape index (κ2) is 10.2. The third-order valence-electron chi connectivity index (χ3n) is 7.55. The van der Waals surface area contributed by atoms with Gasteiger partial charge in [-0.15, -0.1) is 0 Å². The fraction of sp³-hybridized carbons (Fsp3) is 0.500. The Hall–Kier alpha value is -2.48. The van der Waals surface area contributed by atoms with Crippen molar-refractivity contribution in [1.82, 2.24) is 14.8 Å². The van der Waals surface area contributed by atoms with E-state index in [0.717, 1.165) is 30.7 Å². The van der Waals surface area contributed by atoms with Gasteiger partial charge in [-0.25, -0.2) is 4.39 Å². The highest BCUT2D eigenvalue weighted by atomic mass is 19.1. The van der Waals surface area contributed by atoms with Gasteiger partial charge in [0.2, 0.25) is 0 Å². The molecule has 5 rings (SSSR count). The standard InChI is InChI=1S/C28H35F2N3O2/c1-18(17-34)14-33-19(2)11-24-22-5-3-4-6-26(22)31-27(24)28(33)23-8-7-21(12-25(23)30)35-10-9-32-15-20(13-29)16-32/h3-8,12,18-20,28,31,34H,9-11,13-17H2,1-2H3/t18-,19-,28-/m1/s1. The zero-order valence-corrected chi connectivity index (χ0v) is 20.5. The highest BCUT2D eigenvalue weighted by molar-refractivity contribution is 5.85. The molecular formula is C28H35F2N3O2. The van der Waals surface area contributed by atoms with E-state index < -0.39 is 0 Å². The maximum atomic E-state index is 15.6. The molecule has 2 aliphatic rings. The number of nitrogens with one attached hydrogen (secondary N) is 1. The topological polar surface area (TPSA) is 51.7 Å². The van der Waals surface area contributed by atoms with E-state index in [1.165, 1.54) is 17.0 Å². The molecule has 5 nitrogen and oxygen atoms in total. The van der Waals surface area contributed by atoms with Gasteiger partial charge in [-0.2, -0.15) is 0 Å². The lowest BCUT2D eigenvalue weighted by atomic mass is 9.87. The van der Waals surface area contributed by atoms with Gasteiger partial charge in [-0.05, 0) is 37.0 Å². The minimum Gasteiger partial charge on any atom is -0.492 e. The van der Waals surface area contributed by atoms with Crippen LogP contribution in [0, 0.1) is 17.7 Å². The number of ether oxygens (including phenoxy) is 1. The molecule has 0 aliphatic carbocycles. The molecule has 3 atom stereocenters. The van der Waals surface area contributed by atoms with Gasteiger partial charge in [0, 0.05) is 73.0 Å². The summed E-state index contributed by atoms with van der Waals surface area (Å²) in [4.78, 5) is 8.04. The van der Waals surface area contributed by atoms with E-state index in [9.17, 15) is 9.50 Å². The number of rotatable bonds is 9. The Balaban J connectivity index is 1.41. The third kappa shape index (κ3) is 4.82. The Morgan fingerprint density at radius 3 is 2.74 bits per heavy atom. The van der Waals surface area contributed by atoms with Gasteiger partial charge in [0.25, 0.3) is 0 Å². The number of aliphatic hydroxyl groups excluding tert-OH is 1. The number of H-pyrrole nitrogens is 1. The Morgan fingerprint density at radius 2 is 2.00 bits per heavy atom. The van der Waals surface area contributed by atoms with Gasteiger partial charge >= 0.3 is 0 Å². The molecule has 1 fully saturated rings. The molecule has 1 saturated heterocycles. The Kier molecular flexibility index (Phi) is 7.09. The van der Waals surface area contributed by atoms with Gasteiger partial charge in [0.05, 0.1) is 12.7 Å². The summed E-state index contributed by atoms with van der Waals surface area (Å²) in [6.07, 6.45) is 0.872. The van der Waals surface area contributed by atoms with Gasteiger partial charge in [-0.1, -0.05) is 31.2 Å². The van der Waals surface area contributed by atoms with Crippen molar-refractivity contribution < 1.29 is 18.6 Å². The third-order valence-corrected chi connectivity index (χ3v) is 7.55. The smallest absolute Gasteiger partial charge is 0.132 e. The van der Waals surface area contributed by atoms with Crippen molar-refractivity contribution in [1.29, 1.82) is 0 Å². The zero-order chi connectivity index (χ0) is 24.5. The summed E-state index contributed by atoms with van der Waals surface area (Å²) in [5.41, 5.74) is 3.94.